The Morgan fingerprint density at radius 3 is 3.10 bits per heavy atom. The molecule has 0 aliphatic heterocycles. The van der Waals surface area contributed by atoms with Gasteiger partial charge in [-0.1, -0.05) is 11.4 Å². The molecule has 0 amide bonds. The Bertz CT molecular complexity index is 228. The molecule has 0 saturated carbocycles. The summed E-state index contributed by atoms with van der Waals surface area (Å²) in [6.07, 6.45) is 4.10. The highest BCUT2D eigenvalue weighted by atomic mass is 16.7. The average Bonchev–Trinajstić information content (AvgIpc) is 2.40. The fourth-order valence-corrected chi connectivity index (χ4v) is 0.438. The summed E-state index contributed by atoms with van der Waals surface area (Å²) >= 11 is 0. The third-order valence-corrected chi connectivity index (χ3v) is 0.830. The number of carbonyl (C=O) groups excluding carboxylic acids is 1. The van der Waals surface area contributed by atoms with Gasteiger partial charge in [0, 0.05) is 6.08 Å². The minimum Gasteiger partial charge on any atom is -0.315 e. The maximum absolute atomic E-state index is 10.5. The van der Waals surface area contributed by atoms with E-state index in [1.54, 1.807) is 6.07 Å². The van der Waals surface area contributed by atoms with Gasteiger partial charge in [-0.05, 0) is 6.07 Å². The van der Waals surface area contributed by atoms with Crippen LogP contribution in [0.4, 0.5) is 0 Å². The van der Waals surface area contributed by atoms with Gasteiger partial charge >= 0.3 is 5.97 Å². The predicted octanol–water partition coefficient (Wildman–Crippen LogP) is 0.0243. The van der Waals surface area contributed by atoms with E-state index >= 15 is 0 Å². The summed E-state index contributed by atoms with van der Waals surface area (Å²) in [6.45, 7) is 3.23. The molecule has 52 valence electrons. The van der Waals surface area contributed by atoms with Crippen LogP contribution in [0.3, 0.4) is 0 Å². The third-order valence-electron chi connectivity index (χ3n) is 0.830. The topological polar surface area (TPSA) is 44.1 Å². The first-order valence-corrected chi connectivity index (χ1v) is 2.67. The number of aromatic nitrogens is 2. The average molecular weight is 138 g/mol. The molecule has 1 rings (SSSR count). The van der Waals surface area contributed by atoms with Gasteiger partial charge in [0.05, 0.1) is 12.4 Å². The Morgan fingerprint density at radius 2 is 2.60 bits per heavy atom. The van der Waals surface area contributed by atoms with Crippen molar-refractivity contribution in [3.63, 3.8) is 0 Å². The Hall–Kier alpha value is -1.58. The second kappa shape index (κ2) is 2.82. The predicted molar refractivity (Wildman–Crippen MR) is 34.0 cm³/mol. The van der Waals surface area contributed by atoms with Crippen molar-refractivity contribution in [1.29, 1.82) is 0 Å². The molecule has 0 aliphatic carbocycles. The van der Waals surface area contributed by atoms with E-state index in [9.17, 15) is 4.79 Å². The third kappa shape index (κ3) is 1.45. The highest BCUT2D eigenvalue weighted by Gasteiger charge is 1.95. The van der Waals surface area contributed by atoms with Crippen molar-refractivity contribution < 1.29 is 9.63 Å². The molecule has 1 heterocycles. The minimum absolute atomic E-state index is 0.524. The molecule has 10 heavy (non-hydrogen) atoms. The van der Waals surface area contributed by atoms with Crippen LogP contribution in [0.1, 0.15) is 0 Å². The van der Waals surface area contributed by atoms with Gasteiger partial charge in [0.1, 0.15) is 0 Å². The van der Waals surface area contributed by atoms with E-state index in [4.69, 9.17) is 0 Å². The second-order valence-corrected chi connectivity index (χ2v) is 1.52. The molecule has 0 aromatic carbocycles. The number of nitrogens with zero attached hydrogens (tertiary/aromatic N) is 2. The molecule has 0 N–H and O–H groups in total. The molecule has 4 heteroatoms. The van der Waals surface area contributed by atoms with E-state index < -0.39 is 5.97 Å². The zero-order valence-corrected chi connectivity index (χ0v) is 5.23. The monoisotopic (exact) mass is 138 g/mol. The Labute approximate surface area is 57.7 Å². The van der Waals surface area contributed by atoms with Crippen LogP contribution in [0.5, 0.6) is 0 Å². The molecular formula is C6H6N2O2. The fraction of sp³-hybridized carbons (Fsp3) is 0. The summed E-state index contributed by atoms with van der Waals surface area (Å²) in [4.78, 5) is 16.1. The number of hydrogen-bond donors (Lipinski definition) is 0. The molecule has 0 spiro atoms. The van der Waals surface area contributed by atoms with Crippen LogP contribution in [-0.4, -0.2) is 15.9 Å². The first-order chi connectivity index (χ1) is 4.83. The highest BCUT2D eigenvalue weighted by molar-refractivity contribution is 5.81. The van der Waals surface area contributed by atoms with Gasteiger partial charge in [0.15, 0.2) is 0 Å². The molecule has 0 atom stereocenters. The summed E-state index contributed by atoms with van der Waals surface area (Å²) < 4.78 is 0. The maximum atomic E-state index is 10.5. The van der Waals surface area contributed by atoms with E-state index in [-0.39, 0.29) is 0 Å². The zero-order chi connectivity index (χ0) is 7.40. The van der Waals surface area contributed by atoms with Gasteiger partial charge in [-0.2, -0.15) is 0 Å². The van der Waals surface area contributed by atoms with Gasteiger partial charge in [0.25, 0.3) is 0 Å². The number of carbonyl (C=O) groups is 1. The van der Waals surface area contributed by atoms with Gasteiger partial charge in [-0.25, -0.2) is 4.79 Å². The van der Waals surface area contributed by atoms with Crippen LogP contribution in [0.15, 0.2) is 31.1 Å². The first-order valence-electron chi connectivity index (χ1n) is 2.67. The van der Waals surface area contributed by atoms with Crippen LogP contribution < -0.4 is 4.84 Å². The standard InChI is InChI=1S/C6H6N2O2/c1-2-6(9)10-8-5-3-4-7-8/h2-5H,1H2. The highest BCUT2D eigenvalue weighted by Crippen LogP contribution is 1.79. The van der Waals surface area contributed by atoms with Crippen molar-refractivity contribution in [3.05, 3.63) is 31.1 Å². The van der Waals surface area contributed by atoms with Gasteiger partial charge in [0.2, 0.25) is 0 Å². The van der Waals surface area contributed by atoms with E-state index in [2.05, 4.69) is 16.5 Å². The molecule has 1 aromatic rings. The van der Waals surface area contributed by atoms with Crippen LogP contribution >= 0.6 is 0 Å². The summed E-state index contributed by atoms with van der Waals surface area (Å²) in [5.41, 5.74) is 0. The lowest BCUT2D eigenvalue weighted by molar-refractivity contribution is -0.139. The van der Waals surface area contributed by atoms with E-state index in [1.165, 1.54) is 12.4 Å². The quantitative estimate of drug-likeness (QED) is 0.541. The molecule has 0 aliphatic rings. The van der Waals surface area contributed by atoms with E-state index in [0.29, 0.717) is 0 Å². The first kappa shape index (κ1) is 6.54. The van der Waals surface area contributed by atoms with Gasteiger partial charge in [-0.15, -0.1) is 5.10 Å². The molecule has 0 bridgehead atoms. The molecule has 0 unspecified atom stereocenters. The van der Waals surface area contributed by atoms with Crippen molar-refractivity contribution in [1.82, 2.24) is 9.94 Å². The Morgan fingerprint density at radius 1 is 1.80 bits per heavy atom. The second-order valence-electron chi connectivity index (χ2n) is 1.52. The largest absolute Gasteiger partial charge is 0.357 e. The lowest BCUT2D eigenvalue weighted by atomic mass is 10.7. The van der Waals surface area contributed by atoms with Crippen molar-refractivity contribution in [2.45, 2.75) is 0 Å². The van der Waals surface area contributed by atoms with Crippen LogP contribution in [0.2, 0.25) is 0 Å². The summed E-state index contributed by atoms with van der Waals surface area (Å²) in [5.74, 6) is -0.524. The zero-order valence-electron chi connectivity index (χ0n) is 5.23. The van der Waals surface area contributed by atoms with Crippen molar-refractivity contribution in [2.75, 3.05) is 0 Å². The lowest BCUT2D eigenvalue weighted by Gasteiger charge is -1.95. The molecule has 0 fully saturated rings. The van der Waals surface area contributed by atoms with Gasteiger partial charge < -0.3 is 4.84 Å². The van der Waals surface area contributed by atoms with Crippen LogP contribution in [0, 0.1) is 0 Å². The molecule has 4 nitrogen and oxygen atoms in total. The molecule has 0 radical (unpaired) electrons. The van der Waals surface area contributed by atoms with Crippen LogP contribution in [-0.2, 0) is 4.79 Å². The molecule has 1 aromatic heterocycles. The van der Waals surface area contributed by atoms with Crippen molar-refractivity contribution in [2.24, 2.45) is 0 Å². The van der Waals surface area contributed by atoms with Crippen LogP contribution in [0.25, 0.3) is 0 Å². The minimum atomic E-state index is -0.524. The summed E-state index contributed by atoms with van der Waals surface area (Å²) in [5, 5.41) is 3.63. The Kier molecular flexibility index (Phi) is 1.84. The van der Waals surface area contributed by atoms with E-state index in [1.807, 2.05) is 0 Å². The Balaban J connectivity index is 2.56. The van der Waals surface area contributed by atoms with Crippen molar-refractivity contribution >= 4 is 5.97 Å². The van der Waals surface area contributed by atoms with Crippen molar-refractivity contribution in [3.8, 4) is 0 Å². The summed E-state index contributed by atoms with van der Waals surface area (Å²) in [6, 6.07) is 1.65. The maximum Gasteiger partial charge on any atom is 0.357 e. The van der Waals surface area contributed by atoms with Gasteiger partial charge in [-0.3, -0.25) is 0 Å². The SMILES string of the molecule is C=CC(=O)On1cccn1. The summed E-state index contributed by atoms with van der Waals surface area (Å²) in [7, 11) is 0. The molecule has 0 saturated heterocycles. The number of hydrogen-bond acceptors (Lipinski definition) is 3. The van der Waals surface area contributed by atoms with E-state index in [0.717, 1.165) is 10.9 Å². The lowest BCUT2D eigenvalue weighted by Crippen LogP contribution is -2.17. The smallest absolute Gasteiger partial charge is 0.315 e. The fourth-order valence-electron chi connectivity index (χ4n) is 0.438. The number of rotatable bonds is 2. The normalized spacial score (nSPS) is 8.80. The molecular weight excluding hydrogens is 132 g/mol.